The monoisotopic (exact) mass is 402 g/mol. The zero-order valence-electron chi connectivity index (χ0n) is 16.2. The van der Waals surface area contributed by atoms with E-state index in [0.29, 0.717) is 5.69 Å². The minimum Gasteiger partial charge on any atom is -0.444 e. The van der Waals surface area contributed by atoms with Crippen LogP contribution in [0.3, 0.4) is 0 Å². The lowest BCUT2D eigenvalue weighted by atomic mass is 10.2. The molecular weight excluding hydrogens is 376 g/mol. The van der Waals surface area contributed by atoms with Crippen molar-refractivity contribution in [3.63, 3.8) is 0 Å². The number of piperazine rings is 1. The molecule has 0 aliphatic carbocycles. The third-order valence-electron chi connectivity index (χ3n) is 3.94. The van der Waals surface area contributed by atoms with E-state index in [-0.39, 0.29) is 49.3 Å². The van der Waals surface area contributed by atoms with E-state index >= 15 is 0 Å². The van der Waals surface area contributed by atoms with Crippen LogP contribution in [-0.2, 0) is 19.6 Å². The SMILES string of the molecule is Cc1noc(C)c1S(=O)(=O)N1CCN(C(=O)CNC(=O)OC(C)(C)C)CC1. The molecule has 1 aliphatic rings. The van der Waals surface area contributed by atoms with Gasteiger partial charge in [0.25, 0.3) is 0 Å². The molecule has 1 fully saturated rings. The fourth-order valence-corrected chi connectivity index (χ4v) is 4.44. The topological polar surface area (TPSA) is 122 Å². The number of nitrogens with zero attached hydrogens (tertiary/aromatic N) is 3. The minimum atomic E-state index is -3.73. The Morgan fingerprint density at radius 1 is 1.19 bits per heavy atom. The molecule has 11 heteroatoms. The highest BCUT2D eigenvalue weighted by molar-refractivity contribution is 7.89. The van der Waals surface area contributed by atoms with Crippen LogP contribution in [-0.4, -0.2) is 73.1 Å². The molecule has 2 heterocycles. The molecule has 10 nitrogen and oxygen atoms in total. The summed E-state index contributed by atoms with van der Waals surface area (Å²) in [4.78, 5) is 25.4. The van der Waals surface area contributed by atoms with Crippen LogP contribution in [0.4, 0.5) is 4.79 Å². The van der Waals surface area contributed by atoms with Gasteiger partial charge in [-0.15, -0.1) is 0 Å². The van der Waals surface area contributed by atoms with Crippen LogP contribution in [0.5, 0.6) is 0 Å². The number of amides is 2. The fraction of sp³-hybridized carbons (Fsp3) is 0.688. The van der Waals surface area contributed by atoms with Gasteiger partial charge in [-0.05, 0) is 34.6 Å². The van der Waals surface area contributed by atoms with E-state index in [4.69, 9.17) is 9.26 Å². The van der Waals surface area contributed by atoms with Crippen LogP contribution >= 0.6 is 0 Å². The largest absolute Gasteiger partial charge is 0.444 e. The van der Waals surface area contributed by atoms with Crippen LogP contribution in [0, 0.1) is 13.8 Å². The van der Waals surface area contributed by atoms with Gasteiger partial charge in [0.05, 0.1) is 0 Å². The Hall–Kier alpha value is -2.14. The molecule has 1 N–H and O–H groups in total. The first-order chi connectivity index (χ1) is 12.4. The van der Waals surface area contributed by atoms with Crippen molar-refractivity contribution in [1.29, 1.82) is 0 Å². The van der Waals surface area contributed by atoms with Gasteiger partial charge in [0.1, 0.15) is 22.7 Å². The molecule has 0 radical (unpaired) electrons. The average molecular weight is 402 g/mol. The first-order valence-corrected chi connectivity index (χ1v) is 10.0. The van der Waals surface area contributed by atoms with Crippen LogP contribution in [0.1, 0.15) is 32.2 Å². The number of aryl methyl sites for hydroxylation is 2. The average Bonchev–Trinajstić information content (AvgIpc) is 2.90. The van der Waals surface area contributed by atoms with Gasteiger partial charge in [-0.25, -0.2) is 13.2 Å². The molecule has 0 bridgehead atoms. The van der Waals surface area contributed by atoms with Crippen LogP contribution in [0.15, 0.2) is 9.42 Å². The van der Waals surface area contributed by atoms with E-state index in [1.54, 1.807) is 34.6 Å². The third kappa shape index (κ3) is 5.19. The zero-order valence-corrected chi connectivity index (χ0v) is 17.1. The number of nitrogens with one attached hydrogen (secondary N) is 1. The molecule has 1 saturated heterocycles. The number of hydrogen-bond donors (Lipinski definition) is 1. The van der Waals surface area contributed by atoms with Gasteiger partial charge in [-0.2, -0.15) is 4.31 Å². The number of rotatable bonds is 4. The molecule has 0 aromatic carbocycles. The van der Waals surface area contributed by atoms with E-state index in [9.17, 15) is 18.0 Å². The zero-order chi connectivity index (χ0) is 20.4. The number of hydrogen-bond acceptors (Lipinski definition) is 7. The molecule has 0 atom stereocenters. The Bertz CT molecular complexity index is 784. The summed E-state index contributed by atoms with van der Waals surface area (Å²) in [6.45, 7) is 8.89. The first kappa shape index (κ1) is 21.2. The molecule has 1 aliphatic heterocycles. The number of sulfonamides is 1. The maximum atomic E-state index is 12.8. The standard InChI is InChI=1S/C16H26N4O6S/c1-11-14(12(2)26-18-11)27(23,24)20-8-6-19(7-9-20)13(21)10-17-15(22)25-16(3,4)5/h6-10H2,1-5H3,(H,17,22). The Morgan fingerprint density at radius 2 is 1.78 bits per heavy atom. The highest BCUT2D eigenvalue weighted by Crippen LogP contribution is 2.24. The Morgan fingerprint density at radius 3 is 2.26 bits per heavy atom. The second-order valence-corrected chi connectivity index (χ2v) is 9.17. The van der Waals surface area contributed by atoms with E-state index in [2.05, 4.69) is 10.5 Å². The van der Waals surface area contributed by atoms with Crippen LogP contribution in [0.25, 0.3) is 0 Å². The molecule has 2 amide bonds. The van der Waals surface area contributed by atoms with Crippen molar-refractivity contribution in [2.24, 2.45) is 0 Å². The lowest BCUT2D eigenvalue weighted by molar-refractivity contribution is -0.131. The molecule has 27 heavy (non-hydrogen) atoms. The first-order valence-electron chi connectivity index (χ1n) is 8.59. The van der Waals surface area contributed by atoms with Gasteiger partial charge < -0.3 is 19.5 Å². The summed E-state index contributed by atoms with van der Waals surface area (Å²) in [7, 11) is -3.73. The van der Waals surface area contributed by atoms with Crippen LogP contribution in [0.2, 0.25) is 0 Å². The van der Waals surface area contributed by atoms with Gasteiger partial charge in [0, 0.05) is 26.2 Å². The van der Waals surface area contributed by atoms with E-state index < -0.39 is 21.7 Å². The lowest BCUT2D eigenvalue weighted by Gasteiger charge is -2.34. The number of carbonyl (C=O) groups is 2. The number of carbonyl (C=O) groups excluding carboxylic acids is 2. The van der Waals surface area contributed by atoms with E-state index in [0.717, 1.165) is 0 Å². The van der Waals surface area contributed by atoms with Gasteiger partial charge in [0.2, 0.25) is 15.9 Å². The number of aromatic nitrogens is 1. The summed E-state index contributed by atoms with van der Waals surface area (Å²) in [6.07, 6.45) is -0.671. The van der Waals surface area contributed by atoms with Crippen molar-refractivity contribution in [3.8, 4) is 0 Å². The predicted octanol–water partition coefficient (Wildman–Crippen LogP) is 0.649. The summed E-state index contributed by atoms with van der Waals surface area (Å²) in [5, 5.41) is 6.10. The van der Waals surface area contributed by atoms with Crippen molar-refractivity contribution in [2.75, 3.05) is 32.7 Å². The smallest absolute Gasteiger partial charge is 0.408 e. The van der Waals surface area contributed by atoms with E-state index in [1.807, 2.05) is 0 Å². The maximum absolute atomic E-state index is 12.8. The Kier molecular flexibility index (Phi) is 6.15. The second-order valence-electron chi connectivity index (χ2n) is 7.29. The lowest BCUT2D eigenvalue weighted by Crippen LogP contribution is -2.52. The summed E-state index contributed by atoms with van der Waals surface area (Å²) < 4.78 is 36.9. The quantitative estimate of drug-likeness (QED) is 0.784. The maximum Gasteiger partial charge on any atom is 0.408 e. The summed E-state index contributed by atoms with van der Waals surface area (Å²) in [5.74, 6) is -0.0530. The number of alkyl carbamates (subject to hydrolysis) is 1. The Balaban J connectivity index is 1.90. The highest BCUT2D eigenvalue weighted by atomic mass is 32.2. The minimum absolute atomic E-state index is 0.0777. The van der Waals surface area contributed by atoms with E-state index in [1.165, 1.54) is 9.21 Å². The van der Waals surface area contributed by atoms with Gasteiger partial charge in [-0.1, -0.05) is 5.16 Å². The molecule has 152 valence electrons. The van der Waals surface area contributed by atoms with Crippen molar-refractivity contribution in [3.05, 3.63) is 11.5 Å². The highest BCUT2D eigenvalue weighted by Gasteiger charge is 2.34. The van der Waals surface area contributed by atoms with Crippen molar-refractivity contribution < 1.29 is 27.3 Å². The molecule has 1 aromatic heterocycles. The van der Waals surface area contributed by atoms with Gasteiger partial charge in [0.15, 0.2) is 5.76 Å². The second kappa shape index (κ2) is 7.85. The normalized spacial score (nSPS) is 16.3. The fourth-order valence-electron chi connectivity index (χ4n) is 2.72. The molecule has 0 unspecified atom stereocenters. The van der Waals surface area contributed by atoms with Crippen molar-refractivity contribution >= 4 is 22.0 Å². The Labute approximate surface area is 158 Å². The molecular formula is C16H26N4O6S. The van der Waals surface area contributed by atoms with Gasteiger partial charge >= 0.3 is 6.09 Å². The molecule has 2 rings (SSSR count). The van der Waals surface area contributed by atoms with Crippen molar-refractivity contribution in [2.45, 2.75) is 45.1 Å². The molecule has 1 aromatic rings. The van der Waals surface area contributed by atoms with Gasteiger partial charge in [-0.3, -0.25) is 4.79 Å². The number of ether oxygens (including phenoxy) is 1. The summed E-state index contributed by atoms with van der Waals surface area (Å²) in [5.41, 5.74) is -0.335. The predicted molar refractivity (Wildman–Crippen MR) is 95.6 cm³/mol. The molecule has 0 spiro atoms. The molecule has 0 saturated carbocycles. The summed E-state index contributed by atoms with van der Waals surface area (Å²) >= 11 is 0. The third-order valence-corrected chi connectivity index (χ3v) is 6.08. The van der Waals surface area contributed by atoms with Crippen LogP contribution < -0.4 is 5.32 Å². The van der Waals surface area contributed by atoms with Crippen molar-refractivity contribution in [1.82, 2.24) is 19.7 Å². The summed E-state index contributed by atoms with van der Waals surface area (Å²) in [6, 6.07) is 0.